The van der Waals surface area contributed by atoms with E-state index >= 15 is 0 Å². The lowest BCUT2D eigenvalue weighted by Crippen LogP contribution is -2.22. The van der Waals surface area contributed by atoms with E-state index in [9.17, 15) is 13.6 Å². The number of nitrogens with one attached hydrogen (secondary N) is 1. The first-order valence-electron chi connectivity index (χ1n) is 5.76. The molecule has 0 radical (unpaired) electrons. The fourth-order valence-corrected chi connectivity index (χ4v) is 2.50. The van der Waals surface area contributed by atoms with Gasteiger partial charge in [-0.2, -0.15) is 8.78 Å². The second kappa shape index (κ2) is 5.21. The average Bonchev–Trinajstić information content (AvgIpc) is 2.69. The van der Waals surface area contributed by atoms with Crippen molar-refractivity contribution < 1.29 is 18.3 Å². The summed E-state index contributed by atoms with van der Waals surface area (Å²) >= 11 is 1.24. The molecule has 1 heterocycles. The SMILES string of the molecule is CCOc1ccc2c(c1)S/C(=C/C(=O)C(C)(F)F)N2. The van der Waals surface area contributed by atoms with Gasteiger partial charge < -0.3 is 10.1 Å². The van der Waals surface area contributed by atoms with E-state index in [4.69, 9.17) is 4.74 Å². The Labute approximate surface area is 114 Å². The van der Waals surface area contributed by atoms with Crippen LogP contribution in [0.15, 0.2) is 34.2 Å². The second-order valence-electron chi connectivity index (χ2n) is 4.08. The predicted octanol–water partition coefficient (Wildman–Crippen LogP) is 3.67. The molecule has 0 atom stereocenters. The number of alkyl halides is 2. The van der Waals surface area contributed by atoms with E-state index in [1.807, 2.05) is 13.0 Å². The van der Waals surface area contributed by atoms with Crippen LogP contribution in [0.1, 0.15) is 13.8 Å². The van der Waals surface area contributed by atoms with E-state index in [0.717, 1.165) is 16.7 Å². The van der Waals surface area contributed by atoms with Crippen molar-refractivity contribution in [1.82, 2.24) is 0 Å². The fraction of sp³-hybridized carbons (Fsp3) is 0.308. The molecule has 0 saturated carbocycles. The molecular weight excluding hydrogens is 272 g/mol. The van der Waals surface area contributed by atoms with Crippen molar-refractivity contribution in [2.24, 2.45) is 0 Å². The van der Waals surface area contributed by atoms with Crippen molar-refractivity contribution in [2.45, 2.75) is 24.7 Å². The van der Waals surface area contributed by atoms with E-state index in [1.54, 1.807) is 12.1 Å². The molecule has 3 nitrogen and oxygen atoms in total. The maximum atomic E-state index is 12.8. The zero-order chi connectivity index (χ0) is 14.0. The smallest absolute Gasteiger partial charge is 0.306 e. The van der Waals surface area contributed by atoms with Gasteiger partial charge in [0, 0.05) is 17.9 Å². The number of benzene rings is 1. The molecule has 1 aromatic rings. The molecule has 1 aromatic carbocycles. The van der Waals surface area contributed by atoms with Crippen molar-refractivity contribution in [2.75, 3.05) is 11.9 Å². The lowest BCUT2D eigenvalue weighted by molar-refractivity contribution is -0.135. The Morgan fingerprint density at radius 1 is 1.53 bits per heavy atom. The Morgan fingerprint density at radius 2 is 2.26 bits per heavy atom. The first-order valence-corrected chi connectivity index (χ1v) is 6.57. The third kappa shape index (κ3) is 3.26. The molecule has 6 heteroatoms. The molecule has 19 heavy (non-hydrogen) atoms. The summed E-state index contributed by atoms with van der Waals surface area (Å²) in [6.07, 6.45) is 0.936. The number of fused-ring (bicyclic) bond motifs is 1. The highest BCUT2D eigenvalue weighted by Crippen LogP contribution is 2.42. The minimum atomic E-state index is -3.35. The summed E-state index contributed by atoms with van der Waals surface area (Å²) in [6.45, 7) is 3.03. The van der Waals surface area contributed by atoms with Crippen LogP contribution >= 0.6 is 11.8 Å². The van der Waals surface area contributed by atoms with Gasteiger partial charge in [0.15, 0.2) is 0 Å². The van der Waals surface area contributed by atoms with Crippen LogP contribution in [-0.2, 0) is 4.79 Å². The summed E-state index contributed by atoms with van der Waals surface area (Å²) in [6, 6.07) is 5.39. The highest BCUT2D eigenvalue weighted by Gasteiger charge is 2.31. The van der Waals surface area contributed by atoms with Crippen molar-refractivity contribution in [3.8, 4) is 5.75 Å². The Morgan fingerprint density at radius 3 is 2.89 bits per heavy atom. The summed E-state index contributed by atoms with van der Waals surface area (Å²) in [4.78, 5) is 12.1. The van der Waals surface area contributed by atoms with Gasteiger partial charge in [0.1, 0.15) is 5.75 Å². The van der Waals surface area contributed by atoms with Crippen LogP contribution in [-0.4, -0.2) is 18.3 Å². The molecule has 102 valence electrons. The van der Waals surface area contributed by atoms with Crippen molar-refractivity contribution in [3.05, 3.63) is 29.3 Å². The molecule has 0 aliphatic carbocycles. The van der Waals surface area contributed by atoms with Crippen LogP contribution in [0.4, 0.5) is 14.5 Å². The first-order chi connectivity index (χ1) is 8.90. The molecule has 0 unspecified atom stereocenters. The van der Waals surface area contributed by atoms with E-state index in [1.165, 1.54) is 11.8 Å². The molecule has 0 saturated heterocycles. The number of thioether (sulfide) groups is 1. The first kappa shape index (κ1) is 13.9. The number of hydrogen-bond acceptors (Lipinski definition) is 4. The quantitative estimate of drug-likeness (QED) is 0.857. The summed E-state index contributed by atoms with van der Waals surface area (Å²) in [5.74, 6) is -3.84. The lowest BCUT2D eigenvalue weighted by Gasteiger charge is -2.05. The zero-order valence-electron chi connectivity index (χ0n) is 10.5. The second-order valence-corrected chi connectivity index (χ2v) is 5.16. The number of carbonyl (C=O) groups is 1. The molecule has 0 fully saturated rings. The number of ketones is 1. The molecule has 2 rings (SSSR count). The van der Waals surface area contributed by atoms with Crippen LogP contribution in [0.3, 0.4) is 0 Å². The molecule has 1 N–H and O–H groups in total. The number of rotatable bonds is 4. The van der Waals surface area contributed by atoms with Crippen LogP contribution < -0.4 is 10.1 Å². The van der Waals surface area contributed by atoms with Gasteiger partial charge in [0.2, 0.25) is 5.78 Å². The van der Waals surface area contributed by atoms with Crippen molar-refractivity contribution in [3.63, 3.8) is 0 Å². The molecule has 1 aliphatic rings. The number of ether oxygens (including phenoxy) is 1. The minimum absolute atomic E-state index is 0.398. The maximum absolute atomic E-state index is 12.8. The van der Waals surface area contributed by atoms with Gasteiger partial charge in [0.05, 0.1) is 17.3 Å². The van der Waals surface area contributed by atoms with Gasteiger partial charge in [-0.3, -0.25) is 4.79 Å². The number of halogens is 2. The van der Waals surface area contributed by atoms with Gasteiger partial charge in [0.25, 0.3) is 0 Å². The van der Waals surface area contributed by atoms with Crippen molar-refractivity contribution in [1.29, 1.82) is 0 Å². The number of allylic oxidation sites excluding steroid dienone is 1. The third-order valence-electron chi connectivity index (χ3n) is 2.44. The standard InChI is InChI=1S/C13H13F2NO2S/c1-3-18-8-4-5-9-10(6-8)19-12(16-9)7-11(17)13(2,14)15/h4-7,16H,3H2,1-2H3/b12-7+. The number of anilines is 1. The van der Waals surface area contributed by atoms with E-state index < -0.39 is 11.7 Å². The Hall–Kier alpha value is -1.56. The Bertz CT molecular complexity index is 538. The van der Waals surface area contributed by atoms with Crippen LogP contribution in [0.2, 0.25) is 0 Å². The van der Waals surface area contributed by atoms with Gasteiger partial charge in [-0.15, -0.1) is 0 Å². The van der Waals surface area contributed by atoms with Gasteiger partial charge in [-0.1, -0.05) is 11.8 Å². The van der Waals surface area contributed by atoms with E-state index in [-0.39, 0.29) is 0 Å². The summed E-state index contributed by atoms with van der Waals surface area (Å²) in [7, 11) is 0. The third-order valence-corrected chi connectivity index (χ3v) is 3.43. The average molecular weight is 285 g/mol. The topological polar surface area (TPSA) is 38.3 Å². The summed E-state index contributed by atoms with van der Waals surface area (Å²) in [5.41, 5.74) is 0.784. The van der Waals surface area contributed by atoms with Crippen LogP contribution in [0.25, 0.3) is 0 Å². The molecule has 0 bridgehead atoms. The van der Waals surface area contributed by atoms with Crippen molar-refractivity contribution >= 4 is 23.2 Å². The lowest BCUT2D eigenvalue weighted by atomic mass is 10.2. The Kier molecular flexibility index (Phi) is 3.80. The summed E-state index contributed by atoms with van der Waals surface area (Å²) in [5, 5.41) is 3.32. The normalized spacial score (nSPS) is 16.1. The molecule has 0 spiro atoms. The summed E-state index contributed by atoms with van der Waals surface area (Å²) < 4.78 is 31.0. The van der Waals surface area contributed by atoms with Crippen LogP contribution in [0.5, 0.6) is 5.75 Å². The highest BCUT2D eigenvalue weighted by atomic mass is 32.2. The molecule has 1 aliphatic heterocycles. The zero-order valence-corrected chi connectivity index (χ0v) is 11.3. The van der Waals surface area contributed by atoms with Gasteiger partial charge >= 0.3 is 5.92 Å². The monoisotopic (exact) mass is 285 g/mol. The maximum Gasteiger partial charge on any atom is 0.306 e. The largest absolute Gasteiger partial charge is 0.494 e. The minimum Gasteiger partial charge on any atom is -0.494 e. The van der Waals surface area contributed by atoms with E-state index in [0.29, 0.717) is 24.3 Å². The fourth-order valence-electron chi connectivity index (χ4n) is 1.53. The molecule has 0 aromatic heterocycles. The van der Waals surface area contributed by atoms with Gasteiger partial charge in [-0.05, 0) is 25.1 Å². The molecular formula is C13H13F2NO2S. The van der Waals surface area contributed by atoms with Crippen LogP contribution in [0, 0.1) is 0 Å². The number of hydrogen-bond donors (Lipinski definition) is 1. The Balaban J connectivity index is 2.16. The molecule has 0 amide bonds. The van der Waals surface area contributed by atoms with E-state index in [2.05, 4.69) is 5.32 Å². The highest BCUT2D eigenvalue weighted by molar-refractivity contribution is 8.03. The predicted molar refractivity (Wildman–Crippen MR) is 70.8 cm³/mol. The van der Waals surface area contributed by atoms with Gasteiger partial charge in [-0.25, -0.2) is 0 Å². The number of carbonyl (C=O) groups excluding carboxylic acids is 1.